The van der Waals surface area contributed by atoms with Gasteiger partial charge in [-0.2, -0.15) is 0 Å². The summed E-state index contributed by atoms with van der Waals surface area (Å²) in [5.41, 5.74) is 0.633. The predicted molar refractivity (Wildman–Crippen MR) is 139 cm³/mol. The van der Waals surface area contributed by atoms with Crippen molar-refractivity contribution < 1.29 is 19.3 Å². The summed E-state index contributed by atoms with van der Waals surface area (Å²) in [6, 6.07) is 2.74. The molecule has 1 aromatic carbocycles. The Morgan fingerprint density at radius 1 is 1.36 bits per heavy atom. The second-order valence-corrected chi connectivity index (χ2v) is 10.1. The van der Waals surface area contributed by atoms with Crippen LogP contribution >= 0.6 is 35.2 Å². The van der Waals surface area contributed by atoms with Crippen molar-refractivity contribution >= 4 is 69.2 Å². The molecule has 1 aliphatic rings. The van der Waals surface area contributed by atoms with Crippen molar-refractivity contribution in [3.63, 3.8) is 0 Å². The summed E-state index contributed by atoms with van der Waals surface area (Å²) in [6.07, 6.45) is 0.747. The van der Waals surface area contributed by atoms with Crippen LogP contribution in [0, 0.1) is 10.1 Å². The van der Waals surface area contributed by atoms with Gasteiger partial charge in [-0.15, -0.1) is 11.3 Å². The Labute approximate surface area is 221 Å². The number of hydrogen-bond acceptors (Lipinski definition) is 9. The fourth-order valence-corrected chi connectivity index (χ4v) is 4.76. The summed E-state index contributed by atoms with van der Waals surface area (Å²) < 4.78 is 0. The van der Waals surface area contributed by atoms with Crippen molar-refractivity contribution in [2.75, 3.05) is 39.5 Å². The number of anilines is 1. The Morgan fingerprint density at radius 2 is 2.08 bits per heavy atom. The minimum absolute atomic E-state index is 0.0763. The number of fused-ring (bicyclic) bond motifs is 1. The van der Waals surface area contributed by atoms with E-state index in [2.05, 4.69) is 25.8 Å². The minimum Gasteiger partial charge on any atom is -0.369 e. The van der Waals surface area contributed by atoms with Gasteiger partial charge in [-0.05, 0) is 19.2 Å². The predicted octanol–water partition coefficient (Wildman–Crippen LogP) is 1.43. The number of nitro groups is 1. The van der Waals surface area contributed by atoms with Crippen LogP contribution in [0.3, 0.4) is 0 Å². The Bertz CT molecular complexity index is 1220. The lowest BCUT2D eigenvalue weighted by molar-refractivity contribution is -0.384. The maximum Gasteiger partial charge on any atom is 0.289 e. The monoisotopic (exact) mass is 553 g/mol. The van der Waals surface area contributed by atoms with E-state index in [-0.39, 0.29) is 32.9 Å². The van der Waals surface area contributed by atoms with Gasteiger partial charge in [-0.1, -0.05) is 23.8 Å². The highest BCUT2D eigenvalue weighted by atomic mass is 35.5. The number of halogens is 1. The third-order valence-corrected chi connectivity index (χ3v) is 6.96. The first kappa shape index (κ1) is 27.4. The molecule has 0 saturated heterocycles. The molecule has 0 aliphatic carbocycles. The molecular formula is C21H24ClN7O5S2. The van der Waals surface area contributed by atoms with Crippen molar-refractivity contribution in [2.45, 2.75) is 19.0 Å². The lowest BCUT2D eigenvalue weighted by Gasteiger charge is -2.22. The van der Waals surface area contributed by atoms with Gasteiger partial charge in [0.15, 0.2) is 10.00 Å². The first-order valence-electron chi connectivity index (χ1n) is 10.7. The molecule has 1 aliphatic heterocycles. The third-order valence-electron chi connectivity index (χ3n) is 5.23. The number of thiazole rings is 1. The summed E-state index contributed by atoms with van der Waals surface area (Å²) in [5, 5.41) is 19.0. The summed E-state index contributed by atoms with van der Waals surface area (Å²) in [6.45, 7) is 1.40. The zero-order chi connectivity index (χ0) is 26.6. The summed E-state index contributed by atoms with van der Waals surface area (Å²) in [4.78, 5) is 57.0. The van der Waals surface area contributed by atoms with E-state index in [4.69, 9.17) is 23.8 Å². The van der Waals surface area contributed by atoms with Crippen LogP contribution in [0.4, 0.5) is 11.4 Å². The molecule has 1 unspecified atom stereocenters. The lowest BCUT2D eigenvalue weighted by Crippen LogP contribution is -2.53. The highest BCUT2D eigenvalue weighted by Gasteiger charge is 2.27. The Hall–Kier alpha value is -3.20. The van der Waals surface area contributed by atoms with E-state index in [1.54, 1.807) is 0 Å². The smallest absolute Gasteiger partial charge is 0.289 e. The molecule has 2 aromatic rings. The quantitative estimate of drug-likeness (QED) is 0.263. The zero-order valence-corrected chi connectivity index (χ0v) is 22.1. The number of hydrogen-bond donors (Lipinski definition) is 3. The van der Waals surface area contributed by atoms with Crippen molar-refractivity contribution in [3.8, 4) is 0 Å². The van der Waals surface area contributed by atoms with Gasteiger partial charge in [0.05, 0.1) is 10.6 Å². The van der Waals surface area contributed by atoms with Gasteiger partial charge in [-0.3, -0.25) is 24.5 Å². The van der Waals surface area contributed by atoms with E-state index in [1.807, 2.05) is 7.05 Å². The molecule has 15 heteroatoms. The van der Waals surface area contributed by atoms with E-state index in [0.29, 0.717) is 6.54 Å². The fraction of sp³-hybridized carbons (Fsp3) is 0.381. The van der Waals surface area contributed by atoms with E-state index in [9.17, 15) is 24.5 Å². The van der Waals surface area contributed by atoms with Gasteiger partial charge in [0.25, 0.3) is 17.5 Å². The highest BCUT2D eigenvalue weighted by molar-refractivity contribution is 7.82. The molecule has 1 aromatic heterocycles. The average molecular weight is 554 g/mol. The van der Waals surface area contributed by atoms with Crippen LogP contribution in [0.2, 0.25) is 5.02 Å². The number of carbonyl (C=O) groups is 3. The van der Waals surface area contributed by atoms with E-state index < -0.39 is 28.7 Å². The molecule has 12 nitrogen and oxygen atoms in total. The first-order chi connectivity index (χ1) is 17.0. The number of nitrogens with one attached hydrogen (secondary N) is 3. The van der Waals surface area contributed by atoms with E-state index in [0.717, 1.165) is 29.6 Å². The molecule has 0 fully saturated rings. The highest BCUT2D eigenvalue weighted by Crippen LogP contribution is 2.27. The number of benzene rings is 1. The van der Waals surface area contributed by atoms with Gasteiger partial charge in [0.1, 0.15) is 11.1 Å². The number of thiocarbonyl (C=S) groups is 1. The average Bonchev–Trinajstić information content (AvgIpc) is 3.25. The molecule has 36 heavy (non-hydrogen) atoms. The molecular weight excluding hydrogens is 530 g/mol. The van der Waals surface area contributed by atoms with Crippen molar-refractivity contribution in [1.82, 2.24) is 25.4 Å². The van der Waals surface area contributed by atoms with Crippen LogP contribution in [0.1, 0.15) is 20.4 Å². The Kier molecular flexibility index (Phi) is 8.89. The zero-order valence-electron chi connectivity index (χ0n) is 19.7. The topological polar surface area (TPSA) is 150 Å². The fourth-order valence-electron chi connectivity index (χ4n) is 3.35. The van der Waals surface area contributed by atoms with Crippen molar-refractivity contribution in [1.29, 1.82) is 0 Å². The molecule has 0 bridgehead atoms. The van der Waals surface area contributed by atoms with E-state index in [1.165, 1.54) is 42.5 Å². The van der Waals surface area contributed by atoms with Crippen LogP contribution in [0.15, 0.2) is 18.2 Å². The number of likely N-dealkylation sites (N-methyl/N-ethyl adjacent to an activating group) is 2. The molecule has 0 saturated carbocycles. The van der Waals surface area contributed by atoms with Crippen LogP contribution in [-0.4, -0.2) is 82.7 Å². The summed E-state index contributed by atoms with van der Waals surface area (Å²) >= 11 is 12.2. The molecule has 0 radical (unpaired) electrons. The Morgan fingerprint density at radius 3 is 2.75 bits per heavy atom. The van der Waals surface area contributed by atoms with Crippen molar-refractivity contribution in [2.24, 2.45) is 0 Å². The number of carbonyl (C=O) groups excluding carboxylic acids is 3. The van der Waals surface area contributed by atoms with Crippen LogP contribution in [-0.2, 0) is 22.6 Å². The first-order valence-corrected chi connectivity index (χ1v) is 12.3. The van der Waals surface area contributed by atoms with Gasteiger partial charge < -0.3 is 25.8 Å². The van der Waals surface area contributed by atoms with Crippen molar-refractivity contribution in [3.05, 3.63) is 48.9 Å². The number of amides is 3. The second-order valence-electron chi connectivity index (χ2n) is 8.22. The maximum absolute atomic E-state index is 12.9. The van der Waals surface area contributed by atoms with Gasteiger partial charge in [0, 0.05) is 56.8 Å². The van der Waals surface area contributed by atoms with Crippen LogP contribution < -0.4 is 16.0 Å². The largest absolute Gasteiger partial charge is 0.369 e. The molecule has 3 N–H and O–H groups in total. The molecule has 3 amide bonds. The third kappa shape index (κ3) is 6.72. The number of aromatic nitrogens is 1. The molecule has 3 rings (SSSR count). The van der Waals surface area contributed by atoms with Crippen LogP contribution in [0.5, 0.6) is 0 Å². The van der Waals surface area contributed by atoms with Gasteiger partial charge in [-0.25, -0.2) is 4.98 Å². The van der Waals surface area contributed by atoms with Gasteiger partial charge in [0.2, 0.25) is 5.91 Å². The Balaban J connectivity index is 1.64. The normalized spacial score (nSPS) is 13.8. The standard InChI is InChI=1S/C21H24ClN7O5S2/c1-27(2)21(32)14(25-18(31)20-26-13-6-7-28(3)10-16(13)36-20)9-23-19(35)17(30)24-11-4-5-12(22)15(8-11)29(33)34/h4-5,8,14H,6-7,9-10H2,1-3H3,(H,23,35)(H,24,30)(H,25,31). The van der Waals surface area contributed by atoms with E-state index >= 15 is 0 Å². The van der Waals surface area contributed by atoms with Gasteiger partial charge >= 0.3 is 0 Å². The molecule has 1 atom stereocenters. The molecule has 2 heterocycles. The number of rotatable bonds is 7. The second kappa shape index (κ2) is 11.7. The minimum atomic E-state index is -1.03. The number of nitro benzene ring substituents is 1. The maximum atomic E-state index is 12.9. The number of nitrogens with zero attached hydrogens (tertiary/aromatic N) is 4. The molecule has 0 spiro atoms. The molecule has 192 valence electrons. The SMILES string of the molecule is CN1CCc2nc(C(=O)NC(CNC(=S)C(=O)Nc3ccc(Cl)c([N+](=O)[O-])c3)C(=O)N(C)C)sc2C1. The van der Waals surface area contributed by atoms with Crippen LogP contribution in [0.25, 0.3) is 0 Å². The lowest BCUT2D eigenvalue weighted by atomic mass is 10.2. The summed E-state index contributed by atoms with van der Waals surface area (Å²) in [5.74, 6) is -1.66. The summed E-state index contributed by atoms with van der Waals surface area (Å²) in [7, 11) is 5.07.